The van der Waals surface area contributed by atoms with Crippen LogP contribution in [0.1, 0.15) is 30.2 Å². The van der Waals surface area contributed by atoms with Crippen LogP contribution in [0.5, 0.6) is 0 Å². The van der Waals surface area contributed by atoms with E-state index < -0.39 is 17.3 Å². The van der Waals surface area contributed by atoms with E-state index in [1.165, 1.54) is 24.3 Å². The molecule has 1 heterocycles. The van der Waals surface area contributed by atoms with Crippen LogP contribution in [0.25, 0.3) is 10.8 Å². The Morgan fingerprint density at radius 1 is 1.15 bits per heavy atom. The van der Waals surface area contributed by atoms with E-state index in [-0.39, 0.29) is 29.7 Å². The van der Waals surface area contributed by atoms with Crippen LogP contribution in [0, 0.1) is 0 Å². The number of carbonyl (C=O) groups excluding carboxylic acids is 1. The predicted octanol–water partition coefficient (Wildman–Crippen LogP) is 3.88. The molecular formula is C19H16F3N3O2. The highest BCUT2D eigenvalue weighted by molar-refractivity contribution is 5.94. The first kappa shape index (κ1) is 18.6. The SMILES string of the molecule is CCC(=O)Nc1ccc2c(Cc3ccccc3C(F)(F)F)n[nH]c(=O)c2c1. The molecule has 2 N–H and O–H groups in total. The Kier molecular flexibility index (Phi) is 4.98. The van der Waals surface area contributed by atoms with E-state index in [0.717, 1.165) is 6.07 Å². The summed E-state index contributed by atoms with van der Waals surface area (Å²) in [5, 5.41) is 9.59. The van der Waals surface area contributed by atoms with Gasteiger partial charge in [-0.25, -0.2) is 5.10 Å². The van der Waals surface area contributed by atoms with Crippen LogP contribution >= 0.6 is 0 Å². The minimum atomic E-state index is -4.48. The number of anilines is 1. The summed E-state index contributed by atoms with van der Waals surface area (Å²) in [6.07, 6.45) is -4.29. The molecule has 0 aliphatic heterocycles. The van der Waals surface area contributed by atoms with Gasteiger partial charge in [0.05, 0.1) is 16.6 Å². The number of hydrogen-bond donors (Lipinski definition) is 2. The van der Waals surface area contributed by atoms with Gasteiger partial charge in [0.15, 0.2) is 0 Å². The molecule has 0 radical (unpaired) electrons. The van der Waals surface area contributed by atoms with Gasteiger partial charge in [0, 0.05) is 23.9 Å². The minimum absolute atomic E-state index is 0.0641. The fourth-order valence-corrected chi connectivity index (χ4v) is 2.82. The van der Waals surface area contributed by atoms with Gasteiger partial charge in [-0.1, -0.05) is 31.2 Å². The van der Waals surface area contributed by atoms with Crippen molar-refractivity contribution in [3.63, 3.8) is 0 Å². The van der Waals surface area contributed by atoms with Gasteiger partial charge in [0.25, 0.3) is 5.56 Å². The van der Waals surface area contributed by atoms with E-state index in [0.29, 0.717) is 16.8 Å². The van der Waals surface area contributed by atoms with Crippen molar-refractivity contribution < 1.29 is 18.0 Å². The number of rotatable bonds is 4. The van der Waals surface area contributed by atoms with Crippen LogP contribution in [0.15, 0.2) is 47.3 Å². The maximum Gasteiger partial charge on any atom is 0.416 e. The number of nitrogens with one attached hydrogen (secondary N) is 2. The fraction of sp³-hybridized carbons (Fsp3) is 0.211. The number of amides is 1. The van der Waals surface area contributed by atoms with Gasteiger partial charge in [0.1, 0.15) is 0 Å². The summed E-state index contributed by atoms with van der Waals surface area (Å²) in [6.45, 7) is 1.70. The molecular weight excluding hydrogens is 359 g/mol. The highest BCUT2D eigenvalue weighted by Gasteiger charge is 2.33. The number of halogens is 3. The van der Waals surface area contributed by atoms with Crippen LogP contribution in [0.3, 0.4) is 0 Å². The Balaban J connectivity index is 2.06. The number of nitrogens with zero attached hydrogens (tertiary/aromatic N) is 1. The summed E-state index contributed by atoms with van der Waals surface area (Å²) < 4.78 is 39.7. The Labute approximate surface area is 152 Å². The largest absolute Gasteiger partial charge is 0.416 e. The Bertz CT molecular complexity index is 1060. The lowest BCUT2D eigenvalue weighted by molar-refractivity contribution is -0.138. The van der Waals surface area contributed by atoms with Gasteiger partial charge in [0.2, 0.25) is 5.91 Å². The first-order chi connectivity index (χ1) is 12.8. The molecule has 140 valence electrons. The number of aromatic nitrogens is 2. The van der Waals surface area contributed by atoms with Gasteiger partial charge >= 0.3 is 6.18 Å². The van der Waals surface area contributed by atoms with E-state index in [1.807, 2.05) is 0 Å². The van der Waals surface area contributed by atoms with Crippen LogP contribution in [-0.2, 0) is 17.4 Å². The molecule has 1 aromatic heterocycles. The second-order valence-corrected chi connectivity index (χ2v) is 5.99. The molecule has 0 aliphatic rings. The van der Waals surface area contributed by atoms with Crippen molar-refractivity contribution in [3.8, 4) is 0 Å². The van der Waals surface area contributed by atoms with Crippen molar-refractivity contribution in [1.82, 2.24) is 10.2 Å². The fourth-order valence-electron chi connectivity index (χ4n) is 2.82. The lowest BCUT2D eigenvalue weighted by Crippen LogP contribution is -2.14. The third-order valence-electron chi connectivity index (χ3n) is 4.15. The van der Waals surface area contributed by atoms with E-state index in [1.54, 1.807) is 19.1 Å². The predicted molar refractivity (Wildman–Crippen MR) is 95.5 cm³/mol. The quantitative estimate of drug-likeness (QED) is 0.727. The van der Waals surface area contributed by atoms with Crippen molar-refractivity contribution in [3.05, 3.63) is 69.6 Å². The molecule has 8 heteroatoms. The molecule has 3 rings (SSSR count). The normalized spacial score (nSPS) is 11.6. The minimum Gasteiger partial charge on any atom is -0.326 e. The van der Waals surface area contributed by atoms with Crippen molar-refractivity contribution in [2.45, 2.75) is 25.9 Å². The number of hydrogen-bond acceptors (Lipinski definition) is 3. The van der Waals surface area contributed by atoms with E-state index in [2.05, 4.69) is 15.5 Å². The molecule has 2 aromatic carbocycles. The maximum atomic E-state index is 13.2. The molecule has 1 amide bonds. The molecule has 0 atom stereocenters. The highest BCUT2D eigenvalue weighted by Crippen LogP contribution is 2.33. The number of fused-ring (bicyclic) bond motifs is 1. The zero-order chi connectivity index (χ0) is 19.6. The first-order valence-corrected chi connectivity index (χ1v) is 8.26. The maximum absolute atomic E-state index is 13.2. The summed E-state index contributed by atoms with van der Waals surface area (Å²) in [7, 11) is 0. The zero-order valence-corrected chi connectivity index (χ0v) is 14.4. The second-order valence-electron chi connectivity index (χ2n) is 5.99. The second kappa shape index (κ2) is 7.22. The van der Waals surface area contributed by atoms with Crippen LogP contribution in [-0.4, -0.2) is 16.1 Å². The third kappa shape index (κ3) is 3.99. The molecule has 0 fully saturated rings. The smallest absolute Gasteiger partial charge is 0.326 e. The van der Waals surface area contributed by atoms with Crippen molar-refractivity contribution >= 4 is 22.4 Å². The average molecular weight is 375 g/mol. The molecule has 0 aliphatic carbocycles. The number of carbonyl (C=O) groups is 1. The van der Waals surface area contributed by atoms with Crippen molar-refractivity contribution in [2.75, 3.05) is 5.32 Å². The lowest BCUT2D eigenvalue weighted by Gasteiger charge is -2.13. The molecule has 0 bridgehead atoms. The van der Waals surface area contributed by atoms with Crippen molar-refractivity contribution in [2.24, 2.45) is 0 Å². The van der Waals surface area contributed by atoms with Gasteiger partial charge < -0.3 is 5.32 Å². The van der Waals surface area contributed by atoms with E-state index in [9.17, 15) is 22.8 Å². The summed E-state index contributed by atoms with van der Waals surface area (Å²) in [4.78, 5) is 23.6. The Morgan fingerprint density at radius 2 is 1.89 bits per heavy atom. The van der Waals surface area contributed by atoms with Gasteiger partial charge in [-0.05, 0) is 23.8 Å². The van der Waals surface area contributed by atoms with Gasteiger partial charge in [-0.3, -0.25) is 9.59 Å². The van der Waals surface area contributed by atoms with Crippen molar-refractivity contribution in [1.29, 1.82) is 0 Å². The van der Waals surface area contributed by atoms with Crippen LogP contribution in [0.2, 0.25) is 0 Å². The van der Waals surface area contributed by atoms with Crippen LogP contribution < -0.4 is 10.9 Å². The van der Waals surface area contributed by atoms with E-state index >= 15 is 0 Å². The number of H-pyrrole nitrogens is 1. The summed E-state index contributed by atoms with van der Waals surface area (Å²) in [5.41, 5.74) is -0.403. The Morgan fingerprint density at radius 3 is 2.59 bits per heavy atom. The molecule has 0 saturated heterocycles. The van der Waals surface area contributed by atoms with Crippen LogP contribution in [0.4, 0.5) is 18.9 Å². The lowest BCUT2D eigenvalue weighted by atomic mass is 9.99. The highest BCUT2D eigenvalue weighted by atomic mass is 19.4. The monoisotopic (exact) mass is 375 g/mol. The summed E-state index contributed by atoms with van der Waals surface area (Å²) in [6, 6.07) is 9.91. The number of alkyl halides is 3. The molecule has 0 unspecified atom stereocenters. The molecule has 5 nitrogen and oxygen atoms in total. The summed E-state index contributed by atoms with van der Waals surface area (Å²) >= 11 is 0. The third-order valence-corrected chi connectivity index (χ3v) is 4.15. The standard InChI is InChI=1S/C19H16F3N3O2/c1-2-17(26)23-12-7-8-13-14(10-12)18(27)25-24-16(13)9-11-5-3-4-6-15(11)19(20,21)22/h3-8,10H,2,9H2,1H3,(H,23,26)(H,25,27). The molecule has 0 spiro atoms. The van der Waals surface area contributed by atoms with Gasteiger partial charge in [-0.15, -0.1) is 0 Å². The molecule has 27 heavy (non-hydrogen) atoms. The number of benzene rings is 2. The van der Waals surface area contributed by atoms with Gasteiger partial charge in [-0.2, -0.15) is 18.3 Å². The van der Waals surface area contributed by atoms with E-state index in [4.69, 9.17) is 0 Å². The topological polar surface area (TPSA) is 74.8 Å². The molecule has 3 aromatic rings. The molecule has 0 saturated carbocycles. The zero-order valence-electron chi connectivity index (χ0n) is 14.4. The number of aromatic amines is 1. The summed E-state index contributed by atoms with van der Waals surface area (Å²) in [5.74, 6) is -0.209. The first-order valence-electron chi connectivity index (χ1n) is 8.26. The Hall–Kier alpha value is -3.16. The average Bonchev–Trinajstić information content (AvgIpc) is 2.63.